The first-order chi connectivity index (χ1) is 12.9. The van der Waals surface area contributed by atoms with E-state index in [1.807, 2.05) is 25.1 Å². The monoisotopic (exact) mass is 387 g/mol. The molecule has 3 rings (SSSR count). The van der Waals surface area contributed by atoms with Crippen molar-refractivity contribution >= 4 is 28.9 Å². The molecule has 0 aliphatic heterocycles. The third-order valence-electron chi connectivity index (χ3n) is 3.97. The van der Waals surface area contributed by atoms with Gasteiger partial charge in [0.2, 0.25) is 5.91 Å². The van der Waals surface area contributed by atoms with Crippen LogP contribution in [-0.2, 0) is 11.2 Å². The zero-order chi connectivity index (χ0) is 19.4. The van der Waals surface area contributed by atoms with Crippen LogP contribution >= 0.6 is 11.6 Å². The fraction of sp³-hybridized carbons (Fsp3) is 0.200. The summed E-state index contributed by atoms with van der Waals surface area (Å²) < 4.78 is 19.4. The number of oxazole rings is 1. The van der Waals surface area contributed by atoms with Gasteiger partial charge in [-0.2, -0.15) is 0 Å². The minimum absolute atomic E-state index is 0.177. The average molecular weight is 388 g/mol. The lowest BCUT2D eigenvalue weighted by Gasteiger charge is -2.18. The van der Waals surface area contributed by atoms with Crippen LogP contribution in [0.4, 0.5) is 15.8 Å². The Balaban J connectivity index is 1.64. The van der Waals surface area contributed by atoms with Gasteiger partial charge in [0.1, 0.15) is 5.82 Å². The Labute approximate surface area is 161 Å². The second-order valence-electron chi connectivity index (χ2n) is 6.20. The number of hydrogen-bond acceptors (Lipinski definition) is 4. The molecule has 5 nitrogen and oxygen atoms in total. The molecule has 0 saturated carbocycles. The van der Waals surface area contributed by atoms with Gasteiger partial charge in [0.05, 0.1) is 23.1 Å². The van der Waals surface area contributed by atoms with Crippen LogP contribution in [0.15, 0.2) is 53.1 Å². The van der Waals surface area contributed by atoms with Gasteiger partial charge in [0, 0.05) is 32.0 Å². The minimum atomic E-state index is -0.380. The first kappa shape index (κ1) is 18.9. The SMILES string of the molecule is CN(C)c1ccc(Cl)cc1NC(=O)CCc1ncc(-c2ccccc2F)o1. The number of benzene rings is 2. The van der Waals surface area contributed by atoms with E-state index < -0.39 is 0 Å². The summed E-state index contributed by atoms with van der Waals surface area (Å²) in [6, 6.07) is 11.6. The highest BCUT2D eigenvalue weighted by Crippen LogP contribution is 2.28. The van der Waals surface area contributed by atoms with Crippen LogP contribution in [0.25, 0.3) is 11.3 Å². The topological polar surface area (TPSA) is 58.4 Å². The lowest BCUT2D eigenvalue weighted by Crippen LogP contribution is -2.17. The van der Waals surface area contributed by atoms with E-state index in [4.69, 9.17) is 16.0 Å². The van der Waals surface area contributed by atoms with Crippen LogP contribution in [0.3, 0.4) is 0 Å². The third-order valence-corrected chi connectivity index (χ3v) is 4.21. The fourth-order valence-corrected chi connectivity index (χ4v) is 2.82. The number of anilines is 2. The number of amides is 1. The molecule has 2 aromatic carbocycles. The Morgan fingerprint density at radius 1 is 1.26 bits per heavy atom. The van der Waals surface area contributed by atoms with Gasteiger partial charge in [-0.25, -0.2) is 9.37 Å². The van der Waals surface area contributed by atoms with Gasteiger partial charge in [-0.15, -0.1) is 0 Å². The lowest BCUT2D eigenvalue weighted by atomic mass is 10.2. The van der Waals surface area contributed by atoms with Crippen molar-refractivity contribution in [3.63, 3.8) is 0 Å². The number of nitrogens with zero attached hydrogens (tertiary/aromatic N) is 2. The van der Waals surface area contributed by atoms with E-state index in [0.717, 1.165) is 5.69 Å². The zero-order valence-corrected chi connectivity index (χ0v) is 15.8. The summed E-state index contributed by atoms with van der Waals surface area (Å²) in [4.78, 5) is 18.3. The molecule has 1 amide bonds. The summed E-state index contributed by atoms with van der Waals surface area (Å²) in [5, 5.41) is 3.40. The van der Waals surface area contributed by atoms with Gasteiger partial charge >= 0.3 is 0 Å². The van der Waals surface area contributed by atoms with E-state index in [9.17, 15) is 9.18 Å². The normalized spacial score (nSPS) is 10.7. The summed E-state index contributed by atoms with van der Waals surface area (Å²) in [6.45, 7) is 0. The molecule has 140 valence electrons. The molecule has 0 spiro atoms. The van der Waals surface area contributed by atoms with Gasteiger partial charge < -0.3 is 14.6 Å². The minimum Gasteiger partial charge on any atom is -0.441 e. The van der Waals surface area contributed by atoms with Gasteiger partial charge in [0.15, 0.2) is 11.7 Å². The quantitative estimate of drug-likeness (QED) is 0.661. The Bertz CT molecular complexity index is 956. The predicted molar refractivity (Wildman–Crippen MR) is 105 cm³/mol. The number of carbonyl (C=O) groups is 1. The number of aromatic nitrogens is 1. The standard InChI is InChI=1S/C20H19ClFN3O2/c1-25(2)17-8-7-13(21)11-16(17)24-19(26)9-10-20-23-12-18(27-20)14-5-3-4-6-15(14)22/h3-8,11-12H,9-10H2,1-2H3,(H,24,26). The Morgan fingerprint density at radius 3 is 2.78 bits per heavy atom. The van der Waals surface area contributed by atoms with Crippen molar-refractivity contribution in [3.8, 4) is 11.3 Å². The molecule has 0 saturated heterocycles. The van der Waals surface area contributed by atoms with Crippen molar-refractivity contribution in [1.29, 1.82) is 0 Å². The maximum Gasteiger partial charge on any atom is 0.224 e. The van der Waals surface area contributed by atoms with E-state index in [-0.39, 0.29) is 18.1 Å². The largest absolute Gasteiger partial charge is 0.441 e. The molecular weight excluding hydrogens is 369 g/mol. The van der Waals surface area contributed by atoms with E-state index in [2.05, 4.69) is 10.3 Å². The zero-order valence-electron chi connectivity index (χ0n) is 15.0. The first-order valence-corrected chi connectivity index (χ1v) is 8.78. The van der Waals surface area contributed by atoms with Crippen molar-refractivity contribution in [2.24, 2.45) is 0 Å². The second kappa shape index (κ2) is 8.22. The maximum atomic E-state index is 13.8. The highest BCUT2D eigenvalue weighted by molar-refractivity contribution is 6.31. The molecule has 7 heteroatoms. The molecule has 0 aliphatic rings. The number of hydrogen-bond donors (Lipinski definition) is 1. The van der Waals surface area contributed by atoms with Crippen LogP contribution in [0.5, 0.6) is 0 Å². The van der Waals surface area contributed by atoms with Crippen molar-refractivity contribution in [2.75, 3.05) is 24.3 Å². The van der Waals surface area contributed by atoms with Crippen molar-refractivity contribution < 1.29 is 13.6 Å². The average Bonchev–Trinajstić information content (AvgIpc) is 3.09. The van der Waals surface area contributed by atoms with E-state index in [1.54, 1.807) is 30.3 Å². The fourth-order valence-electron chi connectivity index (χ4n) is 2.64. The Morgan fingerprint density at radius 2 is 2.04 bits per heavy atom. The van der Waals surface area contributed by atoms with Gasteiger partial charge in [-0.05, 0) is 30.3 Å². The molecule has 0 unspecified atom stereocenters. The smallest absolute Gasteiger partial charge is 0.224 e. The van der Waals surface area contributed by atoms with Crippen LogP contribution < -0.4 is 10.2 Å². The van der Waals surface area contributed by atoms with E-state index in [0.29, 0.717) is 34.3 Å². The van der Waals surface area contributed by atoms with Crippen LogP contribution in [0, 0.1) is 5.82 Å². The van der Waals surface area contributed by atoms with Crippen molar-refractivity contribution in [2.45, 2.75) is 12.8 Å². The van der Waals surface area contributed by atoms with E-state index in [1.165, 1.54) is 12.3 Å². The molecule has 0 aliphatic carbocycles. The summed E-state index contributed by atoms with van der Waals surface area (Å²) in [5.74, 6) is 0.150. The molecule has 0 radical (unpaired) electrons. The first-order valence-electron chi connectivity index (χ1n) is 8.40. The summed E-state index contributed by atoms with van der Waals surface area (Å²) in [7, 11) is 3.77. The molecule has 1 aromatic heterocycles. The summed E-state index contributed by atoms with van der Waals surface area (Å²) in [6.07, 6.45) is 1.95. The molecule has 0 fully saturated rings. The van der Waals surface area contributed by atoms with Crippen LogP contribution in [0.2, 0.25) is 5.02 Å². The lowest BCUT2D eigenvalue weighted by molar-refractivity contribution is -0.116. The van der Waals surface area contributed by atoms with Gasteiger partial charge in [0.25, 0.3) is 0 Å². The number of rotatable bonds is 6. The summed E-state index contributed by atoms with van der Waals surface area (Å²) >= 11 is 6.03. The van der Waals surface area contributed by atoms with Gasteiger partial charge in [-0.1, -0.05) is 23.7 Å². The summed E-state index contributed by atoms with van der Waals surface area (Å²) in [5.41, 5.74) is 1.83. The number of nitrogens with one attached hydrogen (secondary N) is 1. The third kappa shape index (κ3) is 4.65. The predicted octanol–water partition coefficient (Wildman–Crippen LogP) is 4.77. The molecule has 0 atom stereocenters. The number of carbonyl (C=O) groups excluding carboxylic acids is 1. The second-order valence-corrected chi connectivity index (χ2v) is 6.64. The van der Waals surface area contributed by atoms with Gasteiger partial charge in [-0.3, -0.25) is 4.79 Å². The van der Waals surface area contributed by atoms with Crippen LogP contribution in [-0.4, -0.2) is 25.0 Å². The molecule has 27 heavy (non-hydrogen) atoms. The molecule has 0 bridgehead atoms. The molecule has 1 heterocycles. The number of halogens is 2. The highest BCUT2D eigenvalue weighted by Gasteiger charge is 2.13. The van der Waals surface area contributed by atoms with E-state index >= 15 is 0 Å². The highest BCUT2D eigenvalue weighted by atomic mass is 35.5. The van der Waals surface area contributed by atoms with Crippen molar-refractivity contribution in [1.82, 2.24) is 4.98 Å². The Hall–Kier alpha value is -2.86. The Kier molecular flexibility index (Phi) is 5.76. The molecule has 1 N–H and O–H groups in total. The number of aryl methyl sites for hydroxylation is 1. The van der Waals surface area contributed by atoms with Crippen LogP contribution in [0.1, 0.15) is 12.3 Å². The van der Waals surface area contributed by atoms with Crippen molar-refractivity contribution in [3.05, 3.63) is 65.4 Å². The molecular formula is C20H19ClFN3O2. The maximum absolute atomic E-state index is 13.8. The molecule has 3 aromatic rings.